The quantitative estimate of drug-likeness (QED) is 0.299. The lowest BCUT2D eigenvalue weighted by Gasteiger charge is -2.13. The van der Waals surface area contributed by atoms with E-state index in [9.17, 15) is 4.79 Å². The van der Waals surface area contributed by atoms with Crippen molar-refractivity contribution < 1.29 is 14.4 Å². The molecule has 0 aliphatic rings. The van der Waals surface area contributed by atoms with E-state index in [2.05, 4.69) is 10.5 Å². The van der Waals surface area contributed by atoms with Gasteiger partial charge >= 0.3 is 0 Å². The molecule has 94 valence electrons. The van der Waals surface area contributed by atoms with Gasteiger partial charge in [0.25, 0.3) is 0 Å². The lowest BCUT2D eigenvalue weighted by atomic mass is 10.0. The SMILES string of the molecule is CCCC(C(=O)NCc1ccco1)/C(N)=N/O. The Kier molecular flexibility index (Phi) is 5.06. The minimum atomic E-state index is -0.597. The summed E-state index contributed by atoms with van der Waals surface area (Å²) in [5.74, 6) is -0.268. The third-order valence-corrected chi connectivity index (χ3v) is 2.38. The molecular formula is C11H17N3O3. The molecule has 0 radical (unpaired) electrons. The second-order valence-corrected chi connectivity index (χ2v) is 3.66. The molecule has 0 saturated heterocycles. The van der Waals surface area contributed by atoms with Crippen molar-refractivity contribution in [1.82, 2.24) is 5.32 Å². The van der Waals surface area contributed by atoms with Crippen LogP contribution in [0, 0.1) is 5.92 Å². The van der Waals surface area contributed by atoms with Crippen molar-refractivity contribution in [1.29, 1.82) is 0 Å². The minimum absolute atomic E-state index is 0.0659. The molecule has 1 heterocycles. The first-order valence-electron chi connectivity index (χ1n) is 5.46. The van der Waals surface area contributed by atoms with Crippen LogP contribution >= 0.6 is 0 Å². The zero-order valence-electron chi connectivity index (χ0n) is 9.72. The van der Waals surface area contributed by atoms with E-state index in [-0.39, 0.29) is 11.7 Å². The molecule has 0 aliphatic heterocycles. The summed E-state index contributed by atoms with van der Waals surface area (Å²) in [6.45, 7) is 2.22. The monoisotopic (exact) mass is 239 g/mol. The van der Waals surface area contributed by atoms with Crippen LogP contribution in [0.25, 0.3) is 0 Å². The number of amidine groups is 1. The van der Waals surface area contributed by atoms with Gasteiger partial charge in [0.15, 0.2) is 5.84 Å². The Morgan fingerprint density at radius 1 is 1.71 bits per heavy atom. The van der Waals surface area contributed by atoms with Crippen molar-refractivity contribution in [2.24, 2.45) is 16.8 Å². The van der Waals surface area contributed by atoms with E-state index in [0.29, 0.717) is 18.7 Å². The van der Waals surface area contributed by atoms with Crippen molar-refractivity contribution in [2.45, 2.75) is 26.3 Å². The predicted molar refractivity (Wildman–Crippen MR) is 62.4 cm³/mol. The van der Waals surface area contributed by atoms with Crippen LogP contribution in [-0.2, 0) is 11.3 Å². The van der Waals surface area contributed by atoms with Crippen LogP contribution in [-0.4, -0.2) is 17.0 Å². The fourth-order valence-corrected chi connectivity index (χ4v) is 1.48. The number of oxime groups is 1. The largest absolute Gasteiger partial charge is 0.467 e. The first-order chi connectivity index (χ1) is 8.19. The van der Waals surface area contributed by atoms with Crippen LogP contribution < -0.4 is 11.1 Å². The number of amides is 1. The number of carbonyl (C=O) groups excluding carboxylic acids is 1. The Balaban J connectivity index is 2.53. The molecule has 0 saturated carbocycles. The molecule has 0 spiro atoms. The standard InChI is InChI=1S/C11H17N3O3/c1-2-4-9(10(12)14-16)11(15)13-7-8-5-3-6-17-8/h3,5-6,9,16H,2,4,7H2,1H3,(H2,12,14)(H,13,15). The minimum Gasteiger partial charge on any atom is -0.467 e. The molecule has 0 aromatic carbocycles. The molecule has 1 atom stereocenters. The predicted octanol–water partition coefficient (Wildman–Crippen LogP) is 1.06. The van der Waals surface area contributed by atoms with Gasteiger partial charge in [0.05, 0.1) is 18.7 Å². The molecule has 0 bridgehead atoms. The van der Waals surface area contributed by atoms with Crippen molar-refractivity contribution in [2.75, 3.05) is 0 Å². The Morgan fingerprint density at radius 2 is 2.47 bits per heavy atom. The van der Waals surface area contributed by atoms with Crippen LogP contribution in [0.3, 0.4) is 0 Å². The summed E-state index contributed by atoms with van der Waals surface area (Å²) in [6, 6.07) is 3.51. The molecule has 17 heavy (non-hydrogen) atoms. The number of rotatable bonds is 6. The Hall–Kier alpha value is -1.98. The van der Waals surface area contributed by atoms with Crippen LogP contribution in [0.1, 0.15) is 25.5 Å². The molecule has 1 unspecified atom stereocenters. The van der Waals surface area contributed by atoms with Gasteiger partial charge in [-0.05, 0) is 18.6 Å². The highest BCUT2D eigenvalue weighted by Crippen LogP contribution is 2.08. The van der Waals surface area contributed by atoms with Gasteiger partial charge in [-0.15, -0.1) is 0 Å². The van der Waals surface area contributed by atoms with Gasteiger partial charge in [-0.25, -0.2) is 0 Å². The van der Waals surface area contributed by atoms with Crippen LogP contribution in [0.5, 0.6) is 0 Å². The van der Waals surface area contributed by atoms with Crippen LogP contribution in [0.4, 0.5) is 0 Å². The Bertz CT molecular complexity index is 373. The summed E-state index contributed by atoms with van der Waals surface area (Å²) < 4.78 is 5.08. The fraction of sp³-hybridized carbons (Fsp3) is 0.455. The third-order valence-electron chi connectivity index (χ3n) is 2.38. The van der Waals surface area contributed by atoms with Crippen molar-refractivity contribution >= 4 is 11.7 Å². The molecule has 6 heteroatoms. The number of nitrogens with one attached hydrogen (secondary N) is 1. The summed E-state index contributed by atoms with van der Waals surface area (Å²) >= 11 is 0. The number of nitrogens with two attached hydrogens (primary N) is 1. The van der Waals surface area contributed by atoms with Crippen molar-refractivity contribution in [3.8, 4) is 0 Å². The van der Waals surface area contributed by atoms with Crippen molar-refractivity contribution in [3.05, 3.63) is 24.2 Å². The summed E-state index contributed by atoms with van der Waals surface area (Å²) in [4.78, 5) is 11.8. The highest BCUT2D eigenvalue weighted by Gasteiger charge is 2.22. The highest BCUT2D eigenvalue weighted by molar-refractivity contribution is 6.01. The number of hydrogen-bond acceptors (Lipinski definition) is 4. The average molecular weight is 239 g/mol. The van der Waals surface area contributed by atoms with E-state index in [0.717, 1.165) is 6.42 Å². The van der Waals surface area contributed by atoms with Gasteiger partial charge in [-0.3, -0.25) is 4.79 Å². The number of hydrogen-bond donors (Lipinski definition) is 3. The van der Waals surface area contributed by atoms with Crippen molar-refractivity contribution in [3.63, 3.8) is 0 Å². The third kappa shape index (κ3) is 3.82. The van der Waals surface area contributed by atoms with E-state index in [1.807, 2.05) is 6.92 Å². The number of nitrogens with zero attached hydrogens (tertiary/aromatic N) is 1. The molecule has 1 aromatic rings. The summed E-state index contributed by atoms with van der Waals surface area (Å²) in [5, 5.41) is 14.2. The second-order valence-electron chi connectivity index (χ2n) is 3.66. The van der Waals surface area contributed by atoms with Gasteiger partial charge < -0.3 is 20.7 Å². The normalized spacial score (nSPS) is 13.4. The van der Waals surface area contributed by atoms with E-state index < -0.39 is 5.92 Å². The van der Waals surface area contributed by atoms with E-state index >= 15 is 0 Å². The zero-order chi connectivity index (χ0) is 12.7. The molecule has 6 nitrogen and oxygen atoms in total. The Morgan fingerprint density at radius 3 is 3.00 bits per heavy atom. The van der Waals surface area contributed by atoms with Gasteiger partial charge in [-0.2, -0.15) is 0 Å². The molecule has 1 rings (SSSR count). The van der Waals surface area contributed by atoms with Crippen LogP contribution in [0.15, 0.2) is 28.0 Å². The Labute approximate surface area is 99.5 Å². The lowest BCUT2D eigenvalue weighted by Crippen LogP contribution is -2.38. The summed E-state index contributed by atoms with van der Waals surface area (Å²) in [5.41, 5.74) is 5.47. The summed E-state index contributed by atoms with van der Waals surface area (Å²) in [6.07, 6.45) is 2.85. The number of furan rings is 1. The van der Waals surface area contributed by atoms with Gasteiger partial charge in [-0.1, -0.05) is 18.5 Å². The first kappa shape index (κ1) is 13.1. The maximum atomic E-state index is 11.8. The maximum absolute atomic E-state index is 11.8. The summed E-state index contributed by atoms with van der Waals surface area (Å²) in [7, 11) is 0. The highest BCUT2D eigenvalue weighted by atomic mass is 16.4. The van der Waals surface area contributed by atoms with E-state index in [1.54, 1.807) is 12.1 Å². The maximum Gasteiger partial charge on any atom is 0.231 e. The van der Waals surface area contributed by atoms with E-state index in [4.69, 9.17) is 15.4 Å². The lowest BCUT2D eigenvalue weighted by molar-refractivity contribution is -0.123. The van der Waals surface area contributed by atoms with Gasteiger partial charge in [0.2, 0.25) is 5.91 Å². The van der Waals surface area contributed by atoms with E-state index in [1.165, 1.54) is 6.26 Å². The zero-order valence-corrected chi connectivity index (χ0v) is 9.72. The topological polar surface area (TPSA) is 101 Å². The second kappa shape index (κ2) is 6.57. The van der Waals surface area contributed by atoms with Crippen LogP contribution in [0.2, 0.25) is 0 Å². The van der Waals surface area contributed by atoms with Gasteiger partial charge in [0, 0.05) is 0 Å². The molecule has 1 amide bonds. The van der Waals surface area contributed by atoms with Gasteiger partial charge in [0.1, 0.15) is 5.76 Å². The molecule has 1 aromatic heterocycles. The molecule has 4 N–H and O–H groups in total. The fourth-order valence-electron chi connectivity index (χ4n) is 1.48. The number of carbonyl (C=O) groups is 1. The first-order valence-corrected chi connectivity index (χ1v) is 5.46. The molecule has 0 fully saturated rings. The smallest absolute Gasteiger partial charge is 0.231 e. The molecule has 0 aliphatic carbocycles. The average Bonchev–Trinajstić information content (AvgIpc) is 2.85. The molecular weight excluding hydrogens is 222 g/mol.